The molecule has 2 N–H and O–H groups in total. The molecule has 0 heterocycles. The van der Waals surface area contributed by atoms with Crippen molar-refractivity contribution in [3.8, 4) is 0 Å². The molecule has 11 heavy (non-hydrogen) atoms. The van der Waals surface area contributed by atoms with Gasteiger partial charge in [0.05, 0.1) is 0 Å². The molecule has 0 aromatic carbocycles. The SMILES string of the molecule is CN(C)C(O)CCCCCO. The van der Waals surface area contributed by atoms with E-state index in [9.17, 15) is 5.11 Å². The molecule has 0 amide bonds. The van der Waals surface area contributed by atoms with Gasteiger partial charge < -0.3 is 10.2 Å². The molecule has 0 radical (unpaired) electrons. The summed E-state index contributed by atoms with van der Waals surface area (Å²) in [5.74, 6) is 0. The van der Waals surface area contributed by atoms with Gasteiger partial charge >= 0.3 is 0 Å². The Balaban J connectivity index is 3.10. The van der Waals surface area contributed by atoms with Crippen molar-refractivity contribution in [3.63, 3.8) is 0 Å². The van der Waals surface area contributed by atoms with E-state index in [0.717, 1.165) is 25.7 Å². The van der Waals surface area contributed by atoms with Gasteiger partial charge in [-0.05, 0) is 33.4 Å². The van der Waals surface area contributed by atoms with Gasteiger partial charge in [0.2, 0.25) is 0 Å². The van der Waals surface area contributed by atoms with Crippen LogP contribution < -0.4 is 0 Å². The molecule has 1 unspecified atom stereocenters. The van der Waals surface area contributed by atoms with Crippen LogP contribution in [0.5, 0.6) is 0 Å². The molecule has 0 rings (SSSR count). The maximum atomic E-state index is 9.29. The van der Waals surface area contributed by atoms with Gasteiger partial charge in [-0.15, -0.1) is 0 Å². The summed E-state index contributed by atoms with van der Waals surface area (Å²) >= 11 is 0. The summed E-state index contributed by atoms with van der Waals surface area (Å²) in [6.45, 7) is 0.262. The second kappa shape index (κ2) is 6.58. The van der Waals surface area contributed by atoms with Crippen molar-refractivity contribution in [3.05, 3.63) is 0 Å². The van der Waals surface area contributed by atoms with E-state index in [1.165, 1.54) is 0 Å². The Morgan fingerprint density at radius 1 is 1.18 bits per heavy atom. The number of hydrogen-bond acceptors (Lipinski definition) is 3. The number of nitrogens with zero attached hydrogens (tertiary/aromatic N) is 1. The molecule has 0 aromatic rings. The summed E-state index contributed by atoms with van der Waals surface area (Å²) in [6.07, 6.45) is 3.31. The van der Waals surface area contributed by atoms with Gasteiger partial charge in [-0.2, -0.15) is 0 Å². The Kier molecular flexibility index (Phi) is 6.51. The van der Waals surface area contributed by atoms with Gasteiger partial charge in [0, 0.05) is 6.61 Å². The molecule has 0 fully saturated rings. The van der Waals surface area contributed by atoms with Crippen molar-refractivity contribution in [1.82, 2.24) is 4.90 Å². The third-order valence-corrected chi connectivity index (χ3v) is 1.72. The topological polar surface area (TPSA) is 43.7 Å². The number of aliphatic hydroxyl groups excluding tert-OH is 2. The lowest BCUT2D eigenvalue weighted by molar-refractivity contribution is 0.0310. The van der Waals surface area contributed by atoms with E-state index in [1.807, 2.05) is 14.1 Å². The standard InChI is InChI=1S/C8H19NO2/c1-9(2)8(11)6-4-3-5-7-10/h8,10-11H,3-7H2,1-2H3. The fraction of sp³-hybridized carbons (Fsp3) is 1.00. The predicted octanol–water partition coefficient (Wildman–Crippen LogP) is 0.419. The summed E-state index contributed by atoms with van der Waals surface area (Å²) in [7, 11) is 3.72. The van der Waals surface area contributed by atoms with Crippen LogP contribution in [0.15, 0.2) is 0 Å². The predicted molar refractivity (Wildman–Crippen MR) is 45.2 cm³/mol. The highest BCUT2D eigenvalue weighted by atomic mass is 16.3. The molecule has 68 valence electrons. The second-order valence-electron chi connectivity index (χ2n) is 3.02. The average molecular weight is 161 g/mol. The molecule has 0 aliphatic heterocycles. The van der Waals surface area contributed by atoms with Gasteiger partial charge in [0.25, 0.3) is 0 Å². The first kappa shape index (κ1) is 10.9. The molecule has 3 nitrogen and oxygen atoms in total. The van der Waals surface area contributed by atoms with Gasteiger partial charge in [0.1, 0.15) is 6.23 Å². The van der Waals surface area contributed by atoms with Gasteiger partial charge in [-0.25, -0.2) is 0 Å². The van der Waals surface area contributed by atoms with E-state index in [1.54, 1.807) is 4.90 Å². The molecule has 0 spiro atoms. The van der Waals surface area contributed by atoms with Gasteiger partial charge in [-0.3, -0.25) is 4.90 Å². The molecule has 0 bridgehead atoms. The molecule has 0 saturated heterocycles. The van der Waals surface area contributed by atoms with E-state index < -0.39 is 0 Å². The molecule has 0 aliphatic carbocycles. The minimum absolute atomic E-state index is 0.262. The normalized spacial score (nSPS) is 13.9. The lowest BCUT2D eigenvalue weighted by atomic mass is 10.2. The minimum Gasteiger partial charge on any atom is -0.396 e. The van der Waals surface area contributed by atoms with Crippen LogP contribution in [0.2, 0.25) is 0 Å². The first-order chi connectivity index (χ1) is 5.18. The van der Waals surface area contributed by atoms with Gasteiger partial charge in [0.15, 0.2) is 0 Å². The Bertz CT molecular complexity index is 86.2. The van der Waals surface area contributed by atoms with Crippen LogP contribution in [0.25, 0.3) is 0 Å². The summed E-state index contributed by atoms with van der Waals surface area (Å²) in [5.41, 5.74) is 0. The van der Waals surface area contributed by atoms with E-state index in [0.29, 0.717) is 0 Å². The number of hydrogen-bond donors (Lipinski definition) is 2. The fourth-order valence-corrected chi connectivity index (χ4v) is 0.874. The van der Waals surface area contributed by atoms with Crippen LogP contribution in [-0.2, 0) is 0 Å². The van der Waals surface area contributed by atoms with Gasteiger partial charge in [-0.1, -0.05) is 6.42 Å². The maximum Gasteiger partial charge on any atom is 0.106 e. The third kappa shape index (κ3) is 6.28. The van der Waals surface area contributed by atoms with Crippen molar-refractivity contribution in [2.24, 2.45) is 0 Å². The summed E-state index contributed by atoms with van der Waals surface area (Å²) in [6, 6.07) is 0. The van der Waals surface area contributed by atoms with E-state index >= 15 is 0 Å². The Morgan fingerprint density at radius 2 is 1.82 bits per heavy atom. The highest BCUT2D eigenvalue weighted by Crippen LogP contribution is 2.04. The highest BCUT2D eigenvalue weighted by Gasteiger charge is 2.04. The molecular formula is C8H19NO2. The smallest absolute Gasteiger partial charge is 0.106 e. The average Bonchev–Trinajstić information content (AvgIpc) is 1.97. The van der Waals surface area contributed by atoms with Crippen molar-refractivity contribution in [2.45, 2.75) is 31.9 Å². The van der Waals surface area contributed by atoms with Crippen molar-refractivity contribution < 1.29 is 10.2 Å². The Hall–Kier alpha value is -0.120. The van der Waals surface area contributed by atoms with Crippen LogP contribution in [-0.4, -0.2) is 42.0 Å². The van der Waals surface area contributed by atoms with E-state index in [2.05, 4.69) is 0 Å². The van der Waals surface area contributed by atoms with Crippen LogP contribution in [0, 0.1) is 0 Å². The quantitative estimate of drug-likeness (QED) is 0.438. The Labute approximate surface area is 68.6 Å². The first-order valence-electron chi connectivity index (χ1n) is 4.14. The Morgan fingerprint density at radius 3 is 2.27 bits per heavy atom. The van der Waals surface area contributed by atoms with Crippen LogP contribution >= 0.6 is 0 Å². The molecule has 0 aromatic heterocycles. The minimum atomic E-state index is -0.325. The summed E-state index contributed by atoms with van der Waals surface area (Å²) in [5, 5.41) is 17.8. The second-order valence-corrected chi connectivity index (χ2v) is 3.02. The fourth-order valence-electron chi connectivity index (χ4n) is 0.874. The lowest BCUT2D eigenvalue weighted by Gasteiger charge is -2.17. The van der Waals surface area contributed by atoms with E-state index in [4.69, 9.17) is 5.11 Å². The van der Waals surface area contributed by atoms with E-state index in [-0.39, 0.29) is 12.8 Å². The summed E-state index contributed by atoms with van der Waals surface area (Å²) in [4.78, 5) is 1.79. The van der Waals surface area contributed by atoms with Crippen molar-refractivity contribution >= 4 is 0 Å². The molecule has 1 atom stereocenters. The third-order valence-electron chi connectivity index (χ3n) is 1.72. The number of aliphatic hydroxyl groups is 2. The van der Waals surface area contributed by atoms with Crippen LogP contribution in [0.3, 0.4) is 0 Å². The van der Waals surface area contributed by atoms with Crippen LogP contribution in [0.1, 0.15) is 25.7 Å². The zero-order valence-electron chi connectivity index (χ0n) is 7.45. The first-order valence-corrected chi connectivity index (χ1v) is 4.14. The number of unbranched alkanes of at least 4 members (excludes halogenated alkanes) is 2. The molecular weight excluding hydrogens is 142 g/mol. The van der Waals surface area contributed by atoms with Crippen molar-refractivity contribution in [2.75, 3.05) is 20.7 Å². The largest absolute Gasteiger partial charge is 0.396 e. The highest BCUT2D eigenvalue weighted by molar-refractivity contribution is 4.51. The summed E-state index contributed by atoms with van der Waals surface area (Å²) < 4.78 is 0. The number of rotatable bonds is 6. The van der Waals surface area contributed by atoms with Crippen LogP contribution in [0.4, 0.5) is 0 Å². The monoisotopic (exact) mass is 161 g/mol. The molecule has 3 heteroatoms. The zero-order chi connectivity index (χ0) is 8.69. The van der Waals surface area contributed by atoms with Crippen molar-refractivity contribution in [1.29, 1.82) is 0 Å². The zero-order valence-corrected chi connectivity index (χ0v) is 7.45. The molecule has 0 saturated carbocycles. The molecule has 0 aliphatic rings. The lowest BCUT2D eigenvalue weighted by Crippen LogP contribution is -2.27. The maximum absolute atomic E-state index is 9.29.